The molecule has 1 heterocycles. The minimum atomic E-state index is -0.700. The van der Waals surface area contributed by atoms with Crippen molar-refractivity contribution in [3.05, 3.63) is 40.9 Å². The summed E-state index contributed by atoms with van der Waals surface area (Å²) in [5.74, 6) is -1.39. The van der Waals surface area contributed by atoms with Gasteiger partial charge in [0.2, 0.25) is 0 Å². The number of aromatic nitrogens is 3. The van der Waals surface area contributed by atoms with Crippen molar-refractivity contribution >= 4 is 17.6 Å². The Balaban J connectivity index is 1.55. The minimum absolute atomic E-state index is 0.0397. The van der Waals surface area contributed by atoms with Crippen LogP contribution >= 0.6 is 11.6 Å². The number of hydrogen-bond donors (Lipinski definition) is 2. The molecule has 1 aliphatic carbocycles. The fourth-order valence-corrected chi connectivity index (χ4v) is 3.10. The first kappa shape index (κ1) is 16.9. The topological polar surface area (TPSA) is 80.0 Å². The van der Waals surface area contributed by atoms with Crippen LogP contribution in [0.3, 0.4) is 0 Å². The molecule has 0 unspecified atom stereocenters. The maximum Gasteiger partial charge on any atom is 0.306 e. The van der Waals surface area contributed by atoms with E-state index in [-0.39, 0.29) is 10.9 Å². The summed E-state index contributed by atoms with van der Waals surface area (Å²) in [6, 6.07) is 4.67. The zero-order valence-corrected chi connectivity index (χ0v) is 13.7. The Labute approximate surface area is 143 Å². The first-order chi connectivity index (χ1) is 11.5. The van der Waals surface area contributed by atoms with Crippen molar-refractivity contribution in [2.75, 3.05) is 0 Å². The fraction of sp³-hybridized carbons (Fsp3) is 0.438. The highest BCUT2D eigenvalue weighted by Crippen LogP contribution is 2.24. The molecule has 0 amide bonds. The van der Waals surface area contributed by atoms with Gasteiger partial charge in [0, 0.05) is 12.6 Å². The Morgan fingerprint density at radius 2 is 2.12 bits per heavy atom. The van der Waals surface area contributed by atoms with Gasteiger partial charge in [0.1, 0.15) is 5.82 Å². The smallest absolute Gasteiger partial charge is 0.306 e. The van der Waals surface area contributed by atoms with Gasteiger partial charge in [0.25, 0.3) is 0 Å². The molecule has 2 aromatic rings. The van der Waals surface area contributed by atoms with Crippen LogP contribution in [-0.2, 0) is 11.3 Å². The number of carboxylic acids is 1. The van der Waals surface area contributed by atoms with E-state index in [1.165, 1.54) is 12.1 Å². The quantitative estimate of drug-likeness (QED) is 0.865. The predicted molar refractivity (Wildman–Crippen MR) is 86.5 cm³/mol. The third-order valence-corrected chi connectivity index (χ3v) is 4.65. The third-order valence-electron chi connectivity index (χ3n) is 4.36. The molecule has 3 rings (SSSR count). The molecule has 1 aromatic heterocycles. The van der Waals surface area contributed by atoms with Crippen LogP contribution in [0.5, 0.6) is 0 Å². The van der Waals surface area contributed by atoms with Crippen LogP contribution in [0.15, 0.2) is 24.4 Å². The molecular weight excluding hydrogens is 335 g/mol. The lowest BCUT2D eigenvalue weighted by atomic mass is 9.86. The van der Waals surface area contributed by atoms with Crippen LogP contribution in [0, 0.1) is 11.7 Å². The van der Waals surface area contributed by atoms with Gasteiger partial charge in [-0.3, -0.25) is 4.79 Å². The van der Waals surface area contributed by atoms with Crippen molar-refractivity contribution < 1.29 is 14.3 Å². The summed E-state index contributed by atoms with van der Waals surface area (Å²) in [5, 5.41) is 20.5. The lowest BCUT2D eigenvalue weighted by Crippen LogP contribution is -2.34. The van der Waals surface area contributed by atoms with Gasteiger partial charge in [-0.25, -0.2) is 9.07 Å². The molecule has 1 fully saturated rings. The van der Waals surface area contributed by atoms with Crippen LogP contribution in [0.4, 0.5) is 4.39 Å². The van der Waals surface area contributed by atoms with Crippen LogP contribution in [0.2, 0.25) is 5.02 Å². The molecule has 1 aliphatic rings. The summed E-state index contributed by atoms with van der Waals surface area (Å²) >= 11 is 5.78. The number of nitrogens with zero attached hydrogens (tertiary/aromatic N) is 3. The van der Waals surface area contributed by atoms with Gasteiger partial charge in [-0.15, -0.1) is 5.10 Å². The van der Waals surface area contributed by atoms with Gasteiger partial charge in [-0.2, -0.15) is 0 Å². The summed E-state index contributed by atoms with van der Waals surface area (Å²) in [5.41, 5.74) is 1.40. The van der Waals surface area contributed by atoms with Crippen LogP contribution in [-0.4, -0.2) is 32.1 Å². The molecule has 0 saturated heterocycles. The average molecular weight is 353 g/mol. The van der Waals surface area contributed by atoms with Crippen molar-refractivity contribution in [3.8, 4) is 5.69 Å². The van der Waals surface area contributed by atoms with E-state index in [0.29, 0.717) is 31.1 Å². The Morgan fingerprint density at radius 1 is 1.38 bits per heavy atom. The number of carbonyl (C=O) groups is 1. The fourth-order valence-electron chi connectivity index (χ4n) is 2.93. The van der Waals surface area contributed by atoms with E-state index in [2.05, 4.69) is 15.6 Å². The number of aliphatic carboxylic acids is 1. The highest BCUT2D eigenvalue weighted by molar-refractivity contribution is 6.30. The van der Waals surface area contributed by atoms with Crippen molar-refractivity contribution in [1.29, 1.82) is 0 Å². The largest absolute Gasteiger partial charge is 0.481 e. The average Bonchev–Trinajstić information content (AvgIpc) is 3.05. The van der Waals surface area contributed by atoms with Gasteiger partial charge in [0.05, 0.1) is 28.5 Å². The van der Waals surface area contributed by atoms with Crippen LogP contribution in [0.25, 0.3) is 5.69 Å². The van der Waals surface area contributed by atoms with Crippen LogP contribution < -0.4 is 5.32 Å². The Hall–Kier alpha value is -1.99. The van der Waals surface area contributed by atoms with E-state index in [0.717, 1.165) is 18.5 Å². The second-order valence-electron chi connectivity index (χ2n) is 6.02. The lowest BCUT2D eigenvalue weighted by molar-refractivity contribution is -0.142. The maximum atomic E-state index is 13.2. The number of hydrogen-bond acceptors (Lipinski definition) is 4. The molecule has 0 spiro atoms. The van der Waals surface area contributed by atoms with E-state index >= 15 is 0 Å². The zero-order chi connectivity index (χ0) is 17.1. The second-order valence-corrected chi connectivity index (χ2v) is 6.43. The SMILES string of the molecule is O=C(O)C1CCC(NCc2cn(-c3ccc(F)c(Cl)c3)nn2)CC1. The van der Waals surface area contributed by atoms with E-state index in [9.17, 15) is 9.18 Å². The van der Waals surface area contributed by atoms with Gasteiger partial charge >= 0.3 is 5.97 Å². The van der Waals surface area contributed by atoms with Gasteiger partial charge in [0.15, 0.2) is 0 Å². The van der Waals surface area contributed by atoms with Crippen molar-refractivity contribution in [1.82, 2.24) is 20.3 Å². The lowest BCUT2D eigenvalue weighted by Gasteiger charge is -2.26. The summed E-state index contributed by atoms with van der Waals surface area (Å²) in [4.78, 5) is 10.9. The molecule has 1 aromatic carbocycles. The molecule has 0 bridgehead atoms. The summed E-state index contributed by atoms with van der Waals surface area (Å²) in [7, 11) is 0. The third kappa shape index (κ3) is 3.91. The Kier molecular flexibility index (Phi) is 5.11. The Morgan fingerprint density at radius 3 is 2.79 bits per heavy atom. The number of benzene rings is 1. The standard InChI is InChI=1S/C16H18ClFN4O2/c17-14-7-13(5-6-15(14)18)22-9-12(20-21-22)8-19-11-3-1-10(2-4-11)16(23)24/h5-7,9-11,19H,1-4,8H2,(H,23,24). The van der Waals surface area contributed by atoms with E-state index in [1.807, 2.05) is 0 Å². The molecule has 0 aliphatic heterocycles. The molecule has 6 nitrogen and oxygen atoms in total. The number of carboxylic acid groups (broad SMARTS) is 1. The molecular formula is C16H18ClFN4O2. The van der Waals surface area contributed by atoms with E-state index in [4.69, 9.17) is 16.7 Å². The molecule has 0 atom stereocenters. The van der Waals surface area contributed by atoms with Crippen molar-refractivity contribution in [2.24, 2.45) is 5.92 Å². The maximum absolute atomic E-state index is 13.2. The van der Waals surface area contributed by atoms with Crippen molar-refractivity contribution in [2.45, 2.75) is 38.3 Å². The monoisotopic (exact) mass is 352 g/mol. The second kappa shape index (κ2) is 7.27. The highest BCUT2D eigenvalue weighted by atomic mass is 35.5. The normalized spacial score (nSPS) is 20.9. The number of rotatable bonds is 5. The van der Waals surface area contributed by atoms with Gasteiger partial charge < -0.3 is 10.4 Å². The van der Waals surface area contributed by atoms with Crippen LogP contribution in [0.1, 0.15) is 31.4 Å². The summed E-state index contributed by atoms with van der Waals surface area (Å²) < 4.78 is 14.7. The molecule has 1 saturated carbocycles. The first-order valence-corrected chi connectivity index (χ1v) is 8.23. The summed E-state index contributed by atoms with van der Waals surface area (Å²) in [6.07, 6.45) is 4.86. The molecule has 24 heavy (non-hydrogen) atoms. The van der Waals surface area contributed by atoms with Gasteiger partial charge in [-0.05, 0) is 43.9 Å². The molecule has 8 heteroatoms. The minimum Gasteiger partial charge on any atom is -0.481 e. The zero-order valence-electron chi connectivity index (χ0n) is 13.0. The highest BCUT2D eigenvalue weighted by Gasteiger charge is 2.25. The Bertz CT molecular complexity index is 729. The molecule has 2 N–H and O–H groups in total. The van der Waals surface area contributed by atoms with E-state index < -0.39 is 11.8 Å². The molecule has 128 valence electrons. The van der Waals surface area contributed by atoms with E-state index in [1.54, 1.807) is 16.9 Å². The van der Waals surface area contributed by atoms with Gasteiger partial charge in [-0.1, -0.05) is 16.8 Å². The van der Waals surface area contributed by atoms with Crippen molar-refractivity contribution in [3.63, 3.8) is 0 Å². The first-order valence-electron chi connectivity index (χ1n) is 7.86. The molecule has 0 radical (unpaired) electrons. The summed E-state index contributed by atoms with van der Waals surface area (Å²) in [6.45, 7) is 0.553. The predicted octanol–water partition coefficient (Wildman–Crippen LogP) is 2.79. The number of nitrogens with one attached hydrogen (secondary N) is 1. The number of halogens is 2.